The molecule has 0 spiro atoms. The summed E-state index contributed by atoms with van der Waals surface area (Å²) in [6.07, 6.45) is 4.67. The fourth-order valence-electron chi connectivity index (χ4n) is 5.36. The number of amides is 1. The van der Waals surface area contributed by atoms with Gasteiger partial charge >= 0.3 is 0 Å². The lowest BCUT2D eigenvalue weighted by Crippen LogP contribution is -2.26. The van der Waals surface area contributed by atoms with Crippen molar-refractivity contribution in [1.29, 1.82) is 0 Å². The molecule has 8 nitrogen and oxygen atoms in total. The van der Waals surface area contributed by atoms with Crippen LogP contribution in [0.25, 0.3) is 22.4 Å². The Kier molecular flexibility index (Phi) is 5.24. The third-order valence-electron chi connectivity index (χ3n) is 7.26. The first-order chi connectivity index (χ1) is 17.0. The molecule has 1 saturated heterocycles. The number of benzene rings is 2. The fraction of sp³-hybridized carbons (Fsp3) is 0.370. The maximum atomic E-state index is 12.9. The van der Waals surface area contributed by atoms with Gasteiger partial charge in [0, 0.05) is 30.3 Å². The predicted octanol–water partition coefficient (Wildman–Crippen LogP) is 4.70. The first kappa shape index (κ1) is 21.7. The van der Waals surface area contributed by atoms with Gasteiger partial charge in [0.25, 0.3) is 5.56 Å². The Morgan fingerprint density at radius 2 is 1.74 bits per heavy atom. The second kappa shape index (κ2) is 8.45. The molecule has 178 valence electrons. The van der Waals surface area contributed by atoms with Crippen molar-refractivity contribution in [2.24, 2.45) is 0 Å². The molecule has 6 rings (SSSR count). The quantitative estimate of drug-likeness (QED) is 0.430. The van der Waals surface area contributed by atoms with Gasteiger partial charge in [-0.15, -0.1) is 0 Å². The van der Waals surface area contributed by atoms with Crippen LogP contribution in [0, 0.1) is 13.8 Å². The summed E-state index contributed by atoms with van der Waals surface area (Å²) in [6, 6.07) is 13.9. The Balaban J connectivity index is 1.29. The average Bonchev–Trinajstić information content (AvgIpc) is 3.61. The molecule has 2 aliphatic rings. The van der Waals surface area contributed by atoms with Crippen LogP contribution >= 0.6 is 0 Å². The molecule has 1 saturated carbocycles. The van der Waals surface area contributed by atoms with Crippen LogP contribution in [-0.2, 0) is 4.79 Å². The van der Waals surface area contributed by atoms with Crippen molar-refractivity contribution in [3.8, 4) is 11.4 Å². The van der Waals surface area contributed by atoms with E-state index < -0.39 is 0 Å². The van der Waals surface area contributed by atoms with Gasteiger partial charge in [-0.2, -0.15) is 4.98 Å². The largest absolute Gasteiger partial charge is 0.339 e. The average molecular weight is 470 g/mol. The van der Waals surface area contributed by atoms with Gasteiger partial charge in [-0.1, -0.05) is 35.7 Å². The minimum absolute atomic E-state index is 0.0111. The molecule has 0 radical (unpaired) electrons. The molecular formula is C27H27N5O3. The Morgan fingerprint density at radius 3 is 2.51 bits per heavy atom. The first-order valence-electron chi connectivity index (χ1n) is 12.2. The van der Waals surface area contributed by atoms with E-state index in [-0.39, 0.29) is 23.4 Å². The number of carbonyl (C=O) groups is 1. The van der Waals surface area contributed by atoms with Crippen molar-refractivity contribution < 1.29 is 9.32 Å². The smallest absolute Gasteiger partial charge is 0.272 e. The van der Waals surface area contributed by atoms with Crippen molar-refractivity contribution in [1.82, 2.24) is 19.7 Å². The summed E-state index contributed by atoms with van der Waals surface area (Å²) < 4.78 is 7.52. The summed E-state index contributed by atoms with van der Waals surface area (Å²) in [4.78, 5) is 36.5. The molecule has 1 atom stereocenters. The monoisotopic (exact) mass is 469 g/mol. The van der Waals surface area contributed by atoms with Gasteiger partial charge in [0.2, 0.25) is 17.6 Å². The van der Waals surface area contributed by atoms with Gasteiger partial charge < -0.3 is 14.0 Å². The number of aromatic nitrogens is 4. The highest BCUT2D eigenvalue weighted by Crippen LogP contribution is 2.34. The lowest BCUT2D eigenvalue weighted by molar-refractivity contribution is -0.117. The summed E-state index contributed by atoms with van der Waals surface area (Å²) in [5.41, 5.74) is 4.88. The van der Waals surface area contributed by atoms with Gasteiger partial charge in [-0.3, -0.25) is 9.59 Å². The Morgan fingerprint density at radius 1 is 0.971 bits per heavy atom. The zero-order valence-corrected chi connectivity index (χ0v) is 19.9. The molecule has 1 aliphatic heterocycles. The van der Waals surface area contributed by atoms with E-state index in [2.05, 4.69) is 15.1 Å². The maximum absolute atomic E-state index is 12.9. The molecular weight excluding hydrogens is 442 g/mol. The Hall–Kier alpha value is -3.81. The van der Waals surface area contributed by atoms with Gasteiger partial charge in [-0.25, -0.2) is 4.98 Å². The van der Waals surface area contributed by atoms with E-state index in [1.165, 1.54) is 0 Å². The van der Waals surface area contributed by atoms with Crippen LogP contribution in [0.1, 0.15) is 61.2 Å². The van der Waals surface area contributed by atoms with E-state index in [0.717, 1.165) is 53.5 Å². The molecule has 1 aliphatic carbocycles. The molecule has 1 amide bonds. The van der Waals surface area contributed by atoms with E-state index in [4.69, 9.17) is 4.52 Å². The number of nitrogens with zero attached hydrogens (tertiary/aromatic N) is 5. The number of aryl methyl sites for hydroxylation is 2. The standard InChI is InChI=1S/C27H27N5O3/c1-16-7-10-20(11-8-16)31-15-19(14-24(31)33)26-29-25(30-35-26)18-9-12-23-22(13-18)28-17(2)27(34)32(23)21-5-3-4-6-21/h7-13,19,21H,3-6,14-15H2,1-2H3/t19-/m0/s1. The topological polar surface area (TPSA) is 94.1 Å². The summed E-state index contributed by atoms with van der Waals surface area (Å²) in [5.74, 6) is 0.816. The first-order valence-corrected chi connectivity index (χ1v) is 12.2. The lowest BCUT2D eigenvalue weighted by atomic mass is 10.1. The molecule has 0 bridgehead atoms. The third kappa shape index (κ3) is 3.83. The number of hydrogen-bond donors (Lipinski definition) is 0. The van der Waals surface area contributed by atoms with Gasteiger partial charge in [0.1, 0.15) is 5.69 Å². The second-order valence-corrected chi connectivity index (χ2v) is 9.71. The number of rotatable bonds is 4. The Bertz CT molecular complexity index is 1480. The molecule has 2 aromatic carbocycles. The highest BCUT2D eigenvalue weighted by molar-refractivity contribution is 5.96. The summed E-state index contributed by atoms with van der Waals surface area (Å²) in [6.45, 7) is 4.30. The molecule has 35 heavy (non-hydrogen) atoms. The summed E-state index contributed by atoms with van der Waals surface area (Å²) in [7, 11) is 0. The fourth-order valence-corrected chi connectivity index (χ4v) is 5.36. The highest BCUT2D eigenvalue weighted by atomic mass is 16.5. The van der Waals surface area contributed by atoms with Crippen LogP contribution in [0.15, 0.2) is 51.8 Å². The van der Waals surface area contributed by atoms with Crippen molar-refractivity contribution in [2.45, 2.75) is 57.9 Å². The van der Waals surface area contributed by atoms with Crippen molar-refractivity contribution in [2.75, 3.05) is 11.4 Å². The van der Waals surface area contributed by atoms with Crippen LogP contribution in [0.3, 0.4) is 0 Å². The van der Waals surface area contributed by atoms with Crippen LogP contribution in [-0.4, -0.2) is 32.1 Å². The number of hydrogen-bond acceptors (Lipinski definition) is 6. The normalized spacial score (nSPS) is 18.7. The lowest BCUT2D eigenvalue weighted by Gasteiger charge is -2.17. The van der Waals surface area contributed by atoms with E-state index in [1.807, 2.05) is 54.0 Å². The van der Waals surface area contributed by atoms with Crippen LogP contribution in [0.5, 0.6) is 0 Å². The van der Waals surface area contributed by atoms with Crippen LogP contribution in [0.4, 0.5) is 5.69 Å². The van der Waals surface area contributed by atoms with E-state index >= 15 is 0 Å². The van der Waals surface area contributed by atoms with Crippen molar-refractivity contribution in [3.63, 3.8) is 0 Å². The van der Waals surface area contributed by atoms with E-state index in [0.29, 0.717) is 30.4 Å². The molecule has 2 fully saturated rings. The van der Waals surface area contributed by atoms with Gasteiger partial charge in [0.05, 0.1) is 17.0 Å². The molecule has 4 aromatic rings. The van der Waals surface area contributed by atoms with Crippen LogP contribution < -0.4 is 10.5 Å². The minimum atomic E-state index is -0.154. The molecule has 2 aromatic heterocycles. The van der Waals surface area contributed by atoms with Crippen LogP contribution in [0.2, 0.25) is 0 Å². The van der Waals surface area contributed by atoms with Crippen molar-refractivity contribution in [3.05, 3.63) is 70.0 Å². The zero-order chi connectivity index (χ0) is 24.1. The number of carbonyl (C=O) groups excluding carboxylic acids is 1. The van der Waals surface area contributed by atoms with Crippen molar-refractivity contribution >= 4 is 22.6 Å². The molecule has 0 N–H and O–H groups in total. The second-order valence-electron chi connectivity index (χ2n) is 9.71. The Labute approximate surface area is 202 Å². The third-order valence-corrected chi connectivity index (χ3v) is 7.26. The van der Waals surface area contributed by atoms with E-state index in [9.17, 15) is 9.59 Å². The summed E-state index contributed by atoms with van der Waals surface area (Å²) in [5, 5.41) is 4.20. The predicted molar refractivity (Wildman–Crippen MR) is 132 cm³/mol. The zero-order valence-electron chi connectivity index (χ0n) is 19.9. The SMILES string of the molecule is Cc1ccc(N2C[C@@H](c3nc(-c4ccc5c(c4)nc(C)c(=O)n5C4CCCC4)no3)CC2=O)cc1. The number of fused-ring (bicyclic) bond motifs is 1. The van der Waals surface area contributed by atoms with Gasteiger partial charge in [-0.05, 0) is 57.0 Å². The molecule has 8 heteroatoms. The van der Waals surface area contributed by atoms with Gasteiger partial charge in [0.15, 0.2) is 0 Å². The van der Waals surface area contributed by atoms with E-state index in [1.54, 1.807) is 11.8 Å². The molecule has 3 heterocycles. The highest BCUT2D eigenvalue weighted by Gasteiger charge is 2.35. The minimum Gasteiger partial charge on any atom is -0.339 e. The molecule has 0 unspecified atom stereocenters. The maximum Gasteiger partial charge on any atom is 0.272 e. The summed E-state index contributed by atoms with van der Waals surface area (Å²) >= 11 is 0. The number of anilines is 1.